The highest BCUT2D eigenvalue weighted by Gasteiger charge is 2.01. The molecule has 1 unspecified atom stereocenters. The third-order valence-corrected chi connectivity index (χ3v) is 1.91. The fourth-order valence-corrected chi connectivity index (χ4v) is 1.14. The Kier molecular flexibility index (Phi) is 2.99. The van der Waals surface area contributed by atoms with E-state index in [-0.39, 0.29) is 6.04 Å². The summed E-state index contributed by atoms with van der Waals surface area (Å²) in [6, 6.07) is 2.12. The second kappa shape index (κ2) is 3.80. The number of pyridine rings is 1. The normalized spacial score (nSPS) is 13.0. The summed E-state index contributed by atoms with van der Waals surface area (Å²) in [4.78, 5) is 4.01. The molecule has 1 atom stereocenters. The zero-order chi connectivity index (χ0) is 8.27. The van der Waals surface area contributed by atoms with Gasteiger partial charge in [0, 0.05) is 22.9 Å². The van der Waals surface area contributed by atoms with Gasteiger partial charge in [-0.05, 0) is 34.5 Å². The minimum atomic E-state index is 0.139. The zero-order valence-electron chi connectivity index (χ0n) is 6.21. The first-order valence-corrected chi connectivity index (χ1v) is 4.10. The summed E-state index contributed by atoms with van der Waals surface area (Å²) in [6.07, 6.45) is 3.53. The summed E-state index contributed by atoms with van der Waals surface area (Å²) in [5, 5.41) is 0. The Morgan fingerprint density at radius 2 is 2.36 bits per heavy atom. The second-order valence-electron chi connectivity index (χ2n) is 2.32. The van der Waals surface area contributed by atoms with Crippen LogP contribution in [0.15, 0.2) is 22.9 Å². The Labute approximate surface area is 74.1 Å². The first kappa shape index (κ1) is 8.64. The summed E-state index contributed by atoms with van der Waals surface area (Å²) in [7, 11) is 0. The number of hydrogen-bond donors (Lipinski definition) is 2. The molecule has 1 aromatic heterocycles. The van der Waals surface area contributed by atoms with E-state index in [1.165, 1.54) is 0 Å². The zero-order valence-corrected chi connectivity index (χ0v) is 7.80. The van der Waals surface area contributed by atoms with Gasteiger partial charge in [-0.3, -0.25) is 16.3 Å². The van der Waals surface area contributed by atoms with Crippen molar-refractivity contribution in [2.75, 3.05) is 0 Å². The molecule has 1 aromatic rings. The number of hydrogen-bond acceptors (Lipinski definition) is 3. The summed E-state index contributed by atoms with van der Waals surface area (Å²) in [6.45, 7) is 1.98. The predicted molar refractivity (Wildman–Crippen MR) is 47.7 cm³/mol. The molecule has 0 fully saturated rings. The van der Waals surface area contributed by atoms with Gasteiger partial charge >= 0.3 is 0 Å². The monoisotopic (exact) mass is 215 g/mol. The first-order chi connectivity index (χ1) is 5.24. The minimum Gasteiger partial charge on any atom is -0.271 e. The number of rotatable bonds is 2. The largest absolute Gasteiger partial charge is 0.271 e. The molecule has 0 spiro atoms. The Hall–Kier alpha value is -0.450. The fraction of sp³-hybridized carbons (Fsp3) is 0.286. The van der Waals surface area contributed by atoms with Crippen LogP contribution in [0, 0.1) is 0 Å². The van der Waals surface area contributed by atoms with E-state index in [9.17, 15) is 0 Å². The lowest BCUT2D eigenvalue weighted by Gasteiger charge is -2.08. The van der Waals surface area contributed by atoms with Crippen LogP contribution < -0.4 is 11.3 Å². The van der Waals surface area contributed by atoms with Crippen LogP contribution >= 0.6 is 15.9 Å². The molecule has 11 heavy (non-hydrogen) atoms. The third kappa shape index (κ3) is 2.25. The van der Waals surface area contributed by atoms with Crippen molar-refractivity contribution < 1.29 is 0 Å². The molecular weight excluding hydrogens is 206 g/mol. The Morgan fingerprint density at radius 1 is 1.64 bits per heavy atom. The number of nitrogens with two attached hydrogens (primary N) is 1. The van der Waals surface area contributed by atoms with Gasteiger partial charge in [-0.2, -0.15) is 0 Å². The molecule has 3 N–H and O–H groups in total. The highest BCUT2D eigenvalue weighted by molar-refractivity contribution is 9.10. The van der Waals surface area contributed by atoms with Gasteiger partial charge in [-0.15, -0.1) is 0 Å². The topological polar surface area (TPSA) is 50.9 Å². The first-order valence-electron chi connectivity index (χ1n) is 3.30. The number of nitrogens with zero attached hydrogens (tertiary/aromatic N) is 1. The summed E-state index contributed by atoms with van der Waals surface area (Å²) in [5.74, 6) is 5.26. The van der Waals surface area contributed by atoms with Crippen LogP contribution in [0.1, 0.15) is 18.5 Å². The highest BCUT2D eigenvalue weighted by atomic mass is 79.9. The van der Waals surface area contributed by atoms with Crippen molar-refractivity contribution in [3.63, 3.8) is 0 Å². The number of aromatic nitrogens is 1. The molecule has 3 nitrogen and oxygen atoms in total. The van der Waals surface area contributed by atoms with E-state index < -0.39 is 0 Å². The highest BCUT2D eigenvalue weighted by Crippen LogP contribution is 2.14. The molecule has 0 bridgehead atoms. The van der Waals surface area contributed by atoms with E-state index in [0.29, 0.717) is 0 Å². The maximum atomic E-state index is 5.26. The van der Waals surface area contributed by atoms with Gasteiger partial charge in [0.1, 0.15) is 0 Å². The van der Waals surface area contributed by atoms with Crippen molar-refractivity contribution >= 4 is 15.9 Å². The standard InChI is InChI=1S/C7H10BrN3/c1-5(11-9)6-2-7(8)4-10-3-6/h2-5,11H,9H2,1H3. The van der Waals surface area contributed by atoms with E-state index in [2.05, 4.69) is 26.3 Å². The summed E-state index contributed by atoms with van der Waals surface area (Å²) in [5.41, 5.74) is 3.72. The van der Waals surface area contributed by atoms with Crippen molar-refractivity contribution in [2.45, 2.75) is 13.0 Å². The molecular formula is C7H10BrN3. The van der Waals surface area contributed by atoms with Crippen LogP contribution in [0.25, 0.3) is 0 Å². The van der Waals surface area contributed by atoms with Crippen molar-refractivity contribution in [2.24, 2.45) is 5.84 Å². The minimum absolute atomic E-state index is 0.139. The van der Waals surface area contributed by atoms with Gasteiger partial charge in [-0.25, -0.2) is 0 Å². The molecule has 0 aliphatic heterocycles. The van der Waals surface area contributed by atoms with Gasteiger partial charge in [0.25, 0.3) is 0 Å². The lowest BCUT2D eigenvalue weighted by molar-refractivity contribution is 0.600. The van der Waals surface area contributed by atoms with Crippen molar-refractivity contribution in [3.8, 4) is 0 Å². The van der Waals surface area contributed by atoms with Crippen LogP contribution in [-0.4, -0.2) is 4.98 Å². The fourth-order valence-electron chi connectivity index (χ4n) is 0.761. The van der Waals surface area contributed by atoms with Crippen molar-refractivity contribution in [1.82, 2.24) is 10.4 Å². The average molecular weight is 216 g/mol. The average Bonchev–Trinajstić information content (AvgIpc) is 2.03. The van der Waals surface area contributed by atoms with Crippen LogP contribution in [0.3, 0.4) is 0 Å². The molecule has 1 rings (SSSR count). The number of hydrazine groups is 1. The van der Waals surface area contributed by atoms with Crippen LogP contribution in [0.5, 0.6) is 0 Å². The van der Waals surface area contributed by atoms with Crippen LogP contribution in [0.4, 0.5) is 0 Å². The predicted octanol–water partition coefficient (Wildman–Crippen LogP) is 1.37. The number of nitrogens with one attached hydrogen (secondary N) is 1. The molecule has 0 amide bonds. The Bertz CT molecular complexity index is 239. The lowest BCUT2D eigenvalue weighted by atomic mass is 10.2. The lowest BCUT2D eigenvalue weighted by Crippen LogP contribution is -2.25. The maximum absolute atomic E-state index is 5.26. The molecule has 0 radical (unpaired) electrons. The van der Waals surface area contributed by atoms with Gasteiger partial charge < -0.3 is 0 Å². The second-order valence-corrected chi connectivity index (χ2v) is 3.24. The molecule has 0 aliphatic rings. The van der Waals surface area contributed by atoms with E-state index >= 15 is 0 Å². The van der Waals surface area contributed by atoms with Crippen LogP contribution in [0.2, 0.25) is 0 Å². The van der Waals surface area contributed by atoms with Gasteiger partial charge in [0.05, 0.1) is 0 Å². The van der Waals surface area contributed by atoms with E-state index in [1.54, 1.807) is 12.4 Å². The maximum Gasteiger partial charge on any atom is 0.0447 e. The Balaban J connectivity index is 2.86. The van der Waals surface area contributed by atoms with Gasteiger partial charge in [-0.1, -0.05) is 0 Å². The molecule has 0 aliphatic carbocycles. The van der Waals surface area contributed by atoms with Crippen molar-refractivity contribution in [1.29, 1.82) is 0 Å². The van der Waals surface area contributed by atoms with E-state index in [1.807, 2.05) is 13.0 Å². The third-order valence-electron chi connectivity index (χ3n) is 1.48. The molecule has 0 saturated heterocycles. The van der Waals surface area contributed by atoms with Crippen molar-refractivity contribution in [3.05, 3.63) is 28.5 Å². The smallest absolute Gasteiger partial charge is 0.0447 e. The molecule has 4 heteroatoms. The van der Waals surface area contributed by atoms with E-state index in [4.69, 9.17) is 5.84 Å². The molecule has 1 heterocycles. The van der Waals surface area contributed by atoms with Crippen LogP contribution in [-0.2, 0) is 0 Å². The molecule has 0 saturated carbocycles. The SMILES string of the molecule is CC(NN)c1cncc(Br)c1. The quantitative estimate of drug-likeness (QED) is 0.579. The molecule has 0 aromatic carbocycles. The Morgan fingerprint density at radius 3 is 2.91 bits per heavy atom. The number of halogens is 1. The summed E-state index contributed by atoms with van der Waals surface area (Å²) >= 11 is 3.33. The summed E-state index contributed by atoms with van der Waals surface area (Å²) < 4.78 is 0.970. The van der Waals surface area contributed by atoms with Gasteiger partial charge in [0.15, 0.2) is 0 Å². The van der Waals surface area contributed by atoms with Gasteiger partial charge in [0.2, 0.25) is 0 Å². The molecule has 60 valence electrons. The van der Waals surface area contributed by atoms with E-state index in [0.717, 1.165) is 10.0 Å².